The van der Waals surface area contributed by atoms with Crippen LogP contribution in [0.5, 0.6) is 0 Å². The van der Waals surface area contributed by atoms with Gasteiger partial charge in [-0.1, -0.05) is 0 Å². The minimum Gasteiger partial charge on any atom is -0.467 e. The molecular weight excluding hydrogens is 178 g/mol. The molecule has 0 bridgehead atoms. The van der Waals surface area contributed by atoms with Crippen molar-refractivity contribution >= 4 is 17.8 Å². The topological polar surface area (TPSA) is 81.7 Å². The van der Waals surface area contributed by atoms with Gasteiger partial charge >= 0.3 is 17.8 Å². The van der Waals surface area contributed by atoms with Crippen molar-refractivity contribution in [3.8, 4) is 0 Å². The molecule has 0 aromatic carbocycles. The van der Waals surface area contributed by atoms with E-state index in [4.69, 9.17) is 0 Å². The molecule has 1 N–H and O–H groups in total. The van der Waals surface area contributed by atoms with Crippen LogP contribution in [0.3, 0.4) is 0 Å². The lowest BCUT2D eigenvalue weighted by molar-refractivity contribution is -0.154. The van der Waals surface area contributed by atoms with Crippen LogP contribution < -0.4 is 5.32 Å². The van der Waals surface area contributed by atoms with Crippen molar-refractivity contribution in [2.24, 2.45) is 0 Å². The second-order valence-corrected chi connectivity index (χ2v) is 2.21. The van der Waals surface area contributed by atoms with Gasteiger partial charge < -0.3 is 14.8 Å². The number of carbonyl (C=O) groups excluding carboxylic acids is 3. The van der Waals surface area contributed by atoms with E-state index < -0.39 is 23.9 Å². The molecule has 0 aromatic heterocycles. The van der Waals surface area contributed by atoms with Gasteiger partial charge in [0.25, 0.3) is 0 Å². The number of hydrogen-bond acceptors (Lipinski definition) is 5. The monoisotopic (exact) mass is 189 g/mol. The van der Waals surface area contributed by atoms with E-state index in [2.05, 4.69) is 14.8 Å². The average molecular weight is 189 g/mol. The Morgan fingerprint density at radius 3 is 2.08 bits per heavy atom. The Morgan fingerprint density at radius 2 is 1.69 bits per heavy atom. The summed E-state index contributed by atoms with van der Waals surface area (Å²) in [5.74, 6) is -2.64. The van der Waals surface area contributed by atoms with Crippen molar-refractivity contribution < 1.29 is 23.9 Å². The van der Waals surface area contributed by atoms with Gasteiger partial charge in [0.2, 0.25) is 0 Å². The molecule has 6 nitrogen and oxygen atoms in total. The summed E-state index contributed by atoms with van der Waals surface area (Å²) in [5, 5.41) is 2.09. The van der Waals surface area contributed by atoms with Crippen LogP contribution in [-0.4, -0.2) is 38.1 Å². The Kier molecular flexibility index (Phi) is 4.50. The molecule has 13 heavy (non-hydrogen) atoms. The third-order valence-corrected chi connectivity index (χ3v) is 1.27. The van der Waals surface area contributed by atoms with E-state index in [0.717, 1.165) is 7.11 Å². The highest BCUT2D eigenvalue weighted by Gasteiger charge is 2.20. The summed E-state index contributed by atoms with van der Waals surface area (Å²) < 4.78 is 8.44. The molecule has 0 unspecified atom stereocenters. The molecule has 0 aromatic rings. The predicted octanol–water partition coefficient (Wildman–Crippen LogP) is -1.16. The molecule has 74 valence electrons. The zero-order valence-electron chi connectivity index (χ0n) is 7.62. The zero-order chi connectivity index (χ0) is 10.4. The number of hydrogen-bond donors (Lipinski definition) is 1. The summed E-state index contributed by atoms with van der Waals surface area (Å²) >= 11 is 0. The number of ether oxygens (including phenoxy) is 2. The minimum atomic E-state index is -1.05. The van der Waals surface area contributed by atoms with Gasteiger partial charge in [-0.25, -0.2) is 9.59 Å². The first-order chi connectivity index (χ1) is 6.02. The number of carbonyl (C=O) groups is 3. The van der Waals surface area contributed by atoms with Crippen LogP contribution in [0.1, 0.15) is 6.92 Å². The maximum atomic E-state index is 10.8. The fourth-order valence-corrected chi connectivity index (χ4v) is 0.584. The highest BCUT2D eigenvalue weighted by atomic mass is 16.5. The van der Waals surface area contributed by atoms with Crippen molar-refractivity contribution in [2.45, 2.75) is 13.0 Å². The summed E-state index contributed by atoms with van der Waals surface area (Å²) in [4.78, 5) is 32.2. The van der Waals surface area contributed by atoms with Gasteiger partial charge in [0.1, 0.15) is 6.04 Å². The van der Waals surface area contributed by atoms with Gasteiger partial charge in [-0.05, 0) is 6.92 Å². The molecule has 0 aliphatic heterocycles. The first-order valence-corrected chi connectivity index (χ1v) is 3.49. The van der Waals surface area contributed by atoms with Crippen molar-refractivity contribution in [2.75, 3.05) is 14.2 Å². The largest absolute Gasteiger partial charge is 0.467 e. The third-order valence-electron chi connectivity index (χ3n) is 1.27. The van der Waals surface area contributed by atoms with Gasteiger partial charge in [-0.15, -0.1) is 0 Å². The molecule has 0 spiro atoms. The van der Waals surface area contributed by atoms with Crippen molar-refractivity contribution in [1.29, 1.82) is 0 Å². The van der Waals surface area contributed by atoms with Crippen molar-refractivity contribution in [1.82, 2.24) is 5.32 Å². The Bertz CT molecular complexity index is 225. The molecule has 6 heteroatoms. The second-order valence-electron chi connectivity index (χ2n) is 2.21. The molecule has 0 radical (unpaired) electrons. The Hall–Kier alpha value is -1.59. The minimum absolute atomic E-state index is 0.628. The highest BCUT2D eigenvalue weighted by molar-refractivity contribution is 6.32. The van der Waals surface area contributed by atoms with Gasteiger partial charge in [0.15, 0.2) is 0 Å². The molecular formula is C7H11NO5. The second kappa shape index (κ2) is 5.13. The number of methoxy groups -OCH3 is 2. The molecule has 0 aliphatic carbocycles. The van der Waals surface area contributed by atoms with Crippen LogP contribution in [0.2, 0.25) is 0 Å². The van der Waals surface area contributed by atoms with E-state index in [9.17, 15) is 14.4 Å². The summed E-state index contributed by atoms with van der Waals surface area (Å²) in [5.41, 5.74) is 0. The third kappa shape index (κ3) is 3.55. The van der Waals surface area contributed by atoms with E-state index in [1.807, 2.05) is 0 Å². The Morgan fingerprint density at radius 1 is 1.15 bits per heavy atom. The smallest absolute Gasteiger partial charge is 0.396 e. The van der Waals surface area contributed by atoms with Crippen LogP contribution in [0.15, 0.2) is 0 Å². The lowest BCUT2D eigenvalue weighted by Crippen LogP contribution is -2.42. The zero-order valence-corrected chi connectivity index (χ0v) is 7.62. The van der Waals surface area contributed by atoms with Crippen LogP contribution in [0, 0.1) is 0 Å². The van der Waals surface area contributed by atoms with E-state index >= 15 is 0 Å². The molecule has 0 saturated heterocycles. The fraction of sp³-hybridized carbons (Fsp3) is 0.571. The Labute approximate surface area is 75.2 Å². The molecule has 0 rings (SSSR count). The summed E-state index contributed by atoms with van der Waals surface area (Å²) in [6, 6.07) is -0.864. The van der Waals surface area contributed by atoms with Crippen LogP contribution in [0.4, 0.5) is 0 Å². The van der Waals surface area contributed by atoms with E-state index in [1.54, 1.807) is 0 Å². The Balaban J connectivity index is 4.06. The molecule has 0 fully saturated rings. The van der Waals surface area contributed by atoms with E-state index in [1.165, 1.54) is 14.0 Å². The standard InChI is InChI=1S/C7H11NO5/c1-4(6(10)12-2)8-5(9)7(11)13-3/h4H,1-3H3,(H,8,9)/t4-/m0/s1. The molecule has 0 aliphatic rings. The fourth-order valence-electron chi connectivity index (χ4n) is 0.584. The summed E-state index contributed by atoms with van der Waals surface area (Å²) in [6.45, 7) is 1.40. The lowest BCUT2D eigenvalue weighted by atomic mass is 10.3. The van der Waals surface area contributed by atoms with Gasteiger partial charge in [-0.3, -0.25) is 4.79 Å². The van der Waals surface area contributed by atoms with Crippen molar-refractivity contribution in [3.05, 3.63) is 0 Å². The summed E-state index contributed by atoms with van der Waals surface area (Å²) in [6.07, 6.45) is 0. The first kappa shape index (κ1) is 11.4. The normalized spacial score (nSPS) is 11.3. The van der Waals surface area contributed by atoms with Gasteiger partial charge in [0.05, 0.1) is 14.2 Å². The molecule has 1 atom stereocenters. The quantitative estimate of drug-likeness (QED) is 0.437. The first-order valence-electron chi connectivity index (χ1n) is 3.49. The van der Waals surface area contributed by atoms with Crippen molar-refractivity contribution in [3.63, 3.8) is 0 Å². The number of amides is 1. The number of esters is 2. The SMILES string of the molecule is COC(=O)C(=O)N[C@@H](C)C(=O)OC. The lowest BCUT2D eigenvalue weighted by Gasteiger charge is -2.09. The van der Waals surface area contributed by atoms with Gasteiger partial charge in [0, 0.05) is 0 Å². The summed E-state index contributed by atoms with van der Waals surface area (Å²) in [7, 11) is 2.26. The molecule has 1 amide bonds. The molecule has 0 heterocycles. The van der Waals surface area contributed by atoms with Crippen LogP contribution in [-0.2, 0) is 23.9 Å². The molecule has 0 saturated carbocycles. The highest BCUT2D eigenvalue weighted by Crippen LogP contribution is 1.86. The number of rotatable bonds is 2. The van der Waals surface area contributed by atoms with Gasteiger partial charge in [-0.2, -0.15) is 0 Å². The average Bonchev–Trinajstić information content (AvgIpc) is 2.14. The number of nitrogens with one attached hydrogen (secondary N) is 1. The maximum absolute atomic E-state index is 10.8. The van der Waals surface area contributed by atoms with Crippen LogP contribution >= 0.6 is 0 Å². The van der Waals surface area contributed by atoms with E-state index in [0.29, 0.717) is 0 Å². The predicted molar refractivity (Wildman–Crippen MR) is 41.6 cm³/mol. The van der Waals surface area contributed by atoms with Crippen LogP contribution in [0.25, 0.3) is 0 Å². The maximum Gasteiger partial charge on any atom is 0.396 e. The van der Waals surface area contributed by atoms with E-state index in [-0.39, 0.29) is 0 Å².